The number of furan rings is 1. The Bertz CT molecular complexity index is 761. The number of amides is 1. The van der Waals surface area contributed by atoms with Gasteiger partial charge in [0.1, 0.15) is 0 Å². The van der Waals surface area contributed by atoms with Crippen molar-refractivity contribution < 1.29 is 18.7 Å². The van der Waals surface area contributed by atoms with Crippen molar-refractivity contribution >= 4 is 34.4 Å². The number of esters is 1. The molecular formula is C15H13ClN2O4. The third kappa shape index (κ3) is 3.38. The molecule has 0 aliphatic heterocycles. The maximum absolute atomic E-state index is 12.0. The van der Waals surface area contributed by atoms with Crippen molar-refractivity contribution in [3.8, 4) is 6.07 Å². The molecule has 0 aliphatic carbocycles. The van der Waals surface area contributed by atoms with Crippen LogP contribution in [0.3, 0.4) is 0 Å². The van der Waals surface area contributed by atoms with Gasteiger partial charge in [0.15, 0.2) is 12.2 Å². The number of nitrogens with one attached hydrogen (secondary N) is 1. The second-order valence-electron chi connectivity index (χ2n) is 4.51. The Kier molecular flexibility index (Phi) is 5.02. The fourth-order valence-electron chi connectivity index (χ4n) is 1.91. The summed E-state index contributed by atoms with van der Waals surface area (Å²) < 4.78 is 10.3. The number of para-hydroxylation sites is 1. The van der Waals surface area contributed by atoms with E-state index in [2.05, 4.69) is 5.32 Å². The predicted octanol–water partition coefficient (Wildman–Crippen LogP) is 2.58. The molecule has 2 aromatic rings. The average molecular weight is 321 g/mol. The van der Waals surface area contributed by atoms with Crippen LogP contribution in [0.2, 0.25) is 5.02 Å². The van der Waals surface area contributed by atoms with Crippen LogP contribution >= 0.6 is 11.6 Å². The highest BCUT2D eigenvalue weighted by atomic mass is 35.5. The van der Waals surface area contributed by atoms with Gasteiger partial charge in [-0.05, 0) is 13.0 Å². The smallest absolute Gasteiger partial charge is 0.375 e. The van der Waals surface area contributed by atoms with Crippen LogP contribution in [0.15, 0.2) is 22.6 Å². The van der Waals surface area contributed by atoms with Gasteiger partial charge in [0.05, 0.1) is 17.5 Å². The largest absolute Gasteiger partial charge is 0.450 e. The lowest BCUT2D eigenvalue weighted by molar-refractivity contribution is -0.124. The van der Waals surface area contributed by atoms with Crippen LogP contribution in [0.4, 0.5) is 0 Å². The van der Waals surface area contributed by atoms with Crippen molar-refractivity contribution in [3.05, 3.63) is 34.5 Å². The summed E-state index contributed by atoms with van der Waals surface area (Å²) in [6, 6.07) is 7.09. The lowest BCUT2D eigenvalue weighted by Gasteiger charge is -2.04. The van der Waals surface area contributed by atoms with E-state index >= 15 is 0 Å². The highest BCUT2D eigenvalue weighted by Gasteiger charge is 2.21. The van der Waals surface area contributed by atoms with E-state index in [-0.39, 0.29) is 18.7 Å². The number of halogens is 1. The van der Waals surface area contributed by atoms with Gasteiger partial charge < -0.3 is 14.5 Å². The van der Waals surface area contributed by atoms with Crippen LogP contribution in [-0.2, 0) is 9.53 Å². The first-order valence-corrected chi connectivity index (χ1v) is 6.90. The molecule has 1 amide bonds. The predicted molar refractivity (Wildman–Crippen MR) is 79.5 cm³/mol. The van der Waals surface area contributed by atoms with Crippen molar-refractivity contribution in [2.75, 3.05) is 13.2 Å². The first kappa shape index (κ1) is 15.9. The molecule has 0 unspecified atom stereocenters. The topological polar surface area (TPSA) is 92.3 Å². The molecule has 0 spiro atoms. The summed E-state index contributed by atoms with van der Waals surface area (Å²) in [5.41, 5.74) is 1.01. The Hall–Kier alpha value is -2.52. The number of rotatable bonds is 5. The number of hydrogen-bond acceptors (Lipinski definition) is 5. The highest BCUT2D eigenvalue weighted by Crippen LogP contribution is 2.30. The number of hydrogen-bond donors (Lipinski definition) is 1. The molecule has 1 aromatic carbocycles. The van der Waals surface area contributed by atoms with E-state index in [1.54, 1.807) is 25.1 Å². The van der Waals surface area contributed by atoms with Crippen molar-refractivity contribution in [3.63, 3.8) is 0 Å². The molecule has 0 atom stereocenters. The zero-order valence-corrected chi connectivity index (χ0v) is 12.6. The molecule has 2 rings (SSSR count). The first-order valence-electron chi connectivity index (χ1n) is 6.53. The summed E-state index contributed by atoms with van der Waals surface area (Å²) in [4.78, 5) is 23.4. The van der Waals surface area contributed by atoms with Crippen LogP contribution in [0, 0.1) is 18.3 Å². The van der Waals surface area contributed by atoms with Gasteiger partial charge in [0.2, 0.25) is 5.76 Å². The van der Waals surface area contributed by atoms with Crippen molar-refractivity contribution in [2.24, 2.45) is 0 Å². The second-order valence-corrected chi connectivity index (χ2v) is 4.91. The van der Waals surface area contributed by atoms with Crippen LogP contribution in [0.5, 0.6) is 0 Å². The van der Waals surface area contributed by atoms with E-state index in [1.165, 1.54) is 0 Å². The standard InChI is InChI=1S/C15H13ClN2O4/c1-9-10-4-2-5-11(16)14(10)22-13(9)15(20)21-8-12(19)18-7-3-6-17/h2,4-5H,3,7-8H2,1H3,(H,18,19). The van der Waals surface area contributed by atoms with Gasteiger partial charge in [-0.25, -0.2) is 4.79 Å². The van der Waals surface area contributed by atoms with E-state index in [4.69, 9.17) is 26.0 Å². The zero-order chi connectivity index (χ0) is 16.1. The fraction of sp³-hybridized carbons (Fsp3) is 0.267. The van der Waals surface area contributed by atoms with E-state index in [0.717, 1.165) is 5.39 Å². The van der Waals surface area contributed by atoms with Gasteiger partial charge in [-0.15, -0.1) is 0 Å². The molecule has 0 saturated heterocycles. The number of ether oxygens (including phenoxy) is 1. The molecule has 0 fully saturated rings. The summed E-state index contributed by atoms with van der Waals surface area (Å²) in [6.45, 7) is 1.49. The maximum atomic E-state index is 12.0. The quantitative estimate of drug-likeness (QED) is 0.675. The number of benzene rings is 1. The highest BCUT2D eigenvalue weighted by molar-refractivity contribution is 6.35. The normalized spacial score (nSPS) is 10.2. The lowest BCUT2D eigenvalue weighted by atomic mass is 10.1. The summed E-state index contributed by atoms with van der Waals surface area (Å²) in [6.07, 6.45) is 0.195. The molecular weight excluding hydrogens is 308 g/mol. The van der Waals surface area contributed by atoms with Gasteiger partial charge >= 0.3 is 5.97 Å². The summed E-state index contributed by atoms with van der Waals surface area (Å²) in [5.74, 6) is -1.19. The van der Waals surface area contributed by atoms with E-state index in [9.17, 15) is 9.59 Å². The van der Waals surface area contributed by atoms with Gasteiger partial charge in [-0.1, -0.05) is 23.7 Å². The molecule has 0 saturated carbocycles. The Balaban J connectivity index is 2.05. The van der Waals surface area contributed by atoms with E-state index < -0.39 is 18.5 Å². The van der Waals surface area contributed by atoms with Crippen LogP contribution in [-0.4, -0.2) is 25.0 Å². The first-order chi connectivity index (χ1) is 10.5. The Morgan fingerprint density at radius 1 is 1.45 bits per heavy atom. The fourth-order valence-corrected chi connectivity index (χ4v) is 2.12. The summed E-state index contributed by atoms with van der Waals surface area (Å²) in [5, 5.41) is 11.9. The summed E-state index contributed by atoms with van der Waals surface area (Å²) in [7, 11) is 0. The maximum Gasteiger partial charge on any atom is 0.375 e. The number of nitriles is 1. The van der Waals surface area contributed by atoms with Crippen molar-refractivity contribution in [2.45, 2.75) is 13.3 Å². The Morgan fingerprint density at radius 2 is 2.23 bits per heavy atom. The SMILES string of the molecule is Cc1c(C(=O)OCC(=O)NCCC#N)oc2c(Cl)cccc12. The number of carbonyl (C=O) groups is 2. The molecule has 0 radical (unpaired) electrons. The second kappa shape index (κ2) is 6.96. The van der Waals surface area contributed by atoms with Crippen LogP contribution in [0.25, 0.3) is 11.0 Å². The number of carbonyl (C=O) groups excluding carboxylic acids is 2. The molecule has 7 heteroatoms. The van der Waals surface area contributed by atoms with Gasteiger partial charge in [0, 0.05) is 17.5 Å². The number of aryl methyl sites for hydroxylation is 1. The number of nitrogens with zero attached hydrogens (tertiary/aromatic N) is 1. The van der Waals surface area contributed by atoms with Crippen LogP contribution < -0.4 is 5.32 Å². The third-order valence-corrected chi connectivity index (χ3v) is 3.29. The zero-order valence-electron chi connectivity index (χ0n) is 11.8. The molecule has 1 N–H and O–H groups in total. The molecule has 0 bridgehead atoms. The minimum absolute atomic E-state index is 0.0212. The monoisotopic (exact) mass is 320 g/mol. The molecule has 0 aliphatic rings. The lowest BCUT2D eigenvalue weighted by Crippen LogP contribution is -2.29. The summed E-state index contributed by atoms with van der Waals surface area (Å²) >= 11 is 6.01. The Labute approximate surface area is 131 Å². The molecule has 1 aromatic heterocycles. The molecule has 22 heavy (non-hydrogen) atoms. The average Bonchev–Trinajstić information content (AvgIpc) is 2.84. The van der Waals surface area contributed by atoms with Gasteiger partial charge in [-0.2, -0.15) is 5.26 Å². The third-order valence-electron chi connectivity index (χ3n) is 2.99. The molecule has 1 heterocycles. The van der Waals surface area contributed by atoms with Gasteiger partial charge in [-0.3, -0.25) is 4.79 Å². The molecule has 6 nitrogen and oxygen atoms in total. The van der Waals surface area contributed by atoms with E-state index in [0.29, 0.717) is 16.2 Å². The minimum atomic E-state index is -0.736. The van der Waals surface area contributed by atoms with Crippen molar-refractivity contribution in [1.29, 1.82) is 5.26 Å². The van der Waals surface area contributed by atoms with Gasteiger partial charge in [0.25, 0.3) is 5.91 Å². The van der Waals surface area contributed by atoms with Crippen LogP contribution in [0.1, 0.15) is 22.5 Å². The minimum Gasteiger partial charge on any atom is -0.450 e. The molecule has 114 valence electrons. The van der Waals surface area contributed by atoms with E-state index in [1.807, 2.05) is 6.07 Å². The number of fused-ring (bicyclic) bond motifs is 1. The van der Waals surface area contributed by atoms with Crippen molar-refractivity contribution in [1.82, 2.24) is 5.32 Å². The Morgan fingerprint density at radius 3 is 2.91 bits per heavy atom.